The number of carbonyl (C=O) groups excluding carboxylic acids is 1. The molecule has 0 aliphatic carbocycles. The summed E-state index contributed by atoms with van der Waals surface area (Å²) in [7, 11) is 1.66. The smallest absolute Gasteiger partial charge is 0.274 e. The Hall–Kier alpha value is -2.96. The zero-order chi connectivity index (χ0) is 15.4. The van der Waals surface area contributed by atoms with Crippen LogP contribution in [0.4, 0.5) is 17.2 Å². The zero-order valence-electron chi connectivity index (χ0n) is 11.6. The number of anilines is 2. The zero-order valence-corrected chi connectivity index (χ0v) is 11.6. The molecule has 108 valence electrons. The summed E-state index contributed by atoms with van der Waals surface area (Å²) in [6, 6.07) is 7.82. The Kier molecular flexibility index (Phi) is 4.13. The van der Waals surface area contributed by atoms with Crippen molar-refractivity contribution >= 4 is 23.1 Å². The second kappa shape index (κ2) is 6.00. The van der Waals surface area contributed by atoms with Gasteiger partial charge in [-0.15, -0.1) is 0 Å². The van der Waals surface area contributed by atoms with Crippen molar-refractivity contribution in [1.82, 2.24) is 4.98 Å². The van der Waals surface area contributed by atoms with Crippen LogP contribution >= 0.6 is 0 Å². The summed E-state index contributed by atoms with van der Waals surface area (Å²) in [5.41, 5.74) is 1.23. The first kappa shape index (κ1) is 14.4. The SMILES string of the molecule is CNc1ncccc1C(=O)Nc1ccc(C)c([N+](=O)[O-])c1. The molecule has 0 saturated heterocycles. The predicted octanol–water partition coefficient (Wildman–Crippen LogP) is 2.59. The molecule has 2 aromatic rings. The molecule has 1 heterocycles. The van der Waals surface area contributed by atoms with Crippen molar-refractivity contribution < 1.29 is 9.72 Å². The van der Waals surface area contributed by atoms with Crippen LogP contribution in [0, 0.1) is 17.0 Å². The summed E-state index contributed by atoms with van der Waals surface area (Å²) < 4.78 is 0. The van der Waals surface area contributed by atoms with Crippen LogP contribution in [0.25, 0.3) is 0 Å². The number of aromatic nitrogens is 1. The van der Waals surface area contributed by atoms with Crippen LogP contribution in [0.1, 0.15) is 15.9 Å². The molecule has 2 N–H and O–H groups in total. The molecule has 1 aromatic carbocycles. The van der Waals surface area contributed by atoms with Gasteiger partial charge in [-0.2, -0.15) is 0 Å². The maximum atomic E-state index is 12.2. The van der Waals surface area contributed by atoms with E-state index in [-0.39, 0.29) is 11.6 Å². The molecule has 0 aliphatic rings. The van der Waals surface area contributed by atoms with E-state index in [4.69, 9.17) is 0 Å². The third kappa shape index (κ3) is 3.14. The van der Waals surface area contributed by atoms with Crippen molar-refractivity contribution in [3.05, 3.63) is 57.8 Å². The Labute approximate surface area is 121 Å². The first-order valence-electron chi connectivity index (χ1n) is 6.22. The summed E-state index contributed by atoms with van der Waals surface area (Å²) in [5.74, 6) is 0.0576. The number of aryl methyl sites for hydroxylation is 1. The van der Waals surface area contributed by atoms with E-state index in [1.165, 1.54) is 6.07 Å². The van der Waals surface area contributed by atoms with Crippen LogP contribution in [0.2, 0.25) is 0 Å². The lowest BCUT2D eigenvalue weighted by Gasteiger charge is -2.09. The van der Waals surface area contributed by atoms with Crippen LogP contribution in [-0.4, -0.2) is 22.9 Å². The molecule has 0 bridgehead atoms. The Bertz CT molecular complexity index is 700. The van der Waals surface area contributed by atoms with E-state index < -0.39 is 4.92 Å². The van der Waals surface area contributed by atoms with Gasteiger partial charge >= 0.3 is 0 Å². The average molecular weight is 286 g/mol. The van der Waals surface area contributed by atoms with Crippen LogP contribution in [0.5, 0.6) is 0 Å². The Morgan fingerprint density at radius 3 is 2.76 bits per heavy atom. The summed E-state index contributed by atoms with van der Waals surface area (Å²) in [4.78, 5) is 26.7. The van der Waals surface area contributed by atoms with Crippen molar-refractivity contribution in [2.75, 3.05) is 17.7 Å². The molecule has 0 unspecified atom stereocenters. The molecule has 0 fully saturated rings. The minimum Gasteiger partial charge on any atom is -0.372 e. The van der Waals surface area contributed by atoms with Crippen molar-refractivity contribution in [3.63, 3.8) is 0 Å². The van der Waals surface area contributed by atoms with Crippen LogP contribution in [0.15, 0.2) is 36.5 Å². The number of nitro groups is 1. The molecule has 0 spiro atoms. The van der Waals surface area contributed by atoms with Crippen LogP contribution < -0.4 is 10.6 Å². The molecule has 0 radical (unpaired) electrons. The quantitative estimate of drug-likeness (QED) is 0.665. The number of nitrogens with one attached hydrogen (secondary N) is 2. The van der Waals surface area contributed by atoms with E-state index >= 15 is 0 Å². The summed E-state index contributed by atoms with van der Waals surface area (Å²) in [6.07, 6.45) is 1.57. The van der Waals surface area contributed by atoms with E-state index in [2.05, 4.69) is 15.6 Å². The van der Waals surface area contributed by atoms with Gasteiger partial charge in [-0.1, -0.05) is 6.07 Å². The number of amides is 1. The standard InChI is InChI=1S/C14H14N4O3/c1-9-5-6-10(8-12(9)18(20)21)17-14(19)11-4-3-7-16-13(11)15-2/h3-8H,1-2H3,(H,15,16)(H,17,19). The molecule has 1 aromatic heterocycles. The molecule has 7 nitrogen and oxygen atoms in total. The molecule has 21 heavy (non-hydrogen) atoms. The fraction of sp³-hybridized carbons (Fsp3) is 0.143. The molecular weight excluding hydrogens is 272 g/mol. The van der Waals surface area contributed by atoms with Gasteiger partial charge in [-0.3, -0.25) is 14.9 Å². The maximum Gasteiger partial charge on any atom is 0.274 e. The van der Waals surface area contributed by atoms with Gasteiger partial charge in [0.15, 0.2) is 0 Å². The Morgan fingerprint density at radius 2 is 2.10 bits per heavy atom. The number of nitro benzene ring substituents is 1. The van der Waals surface area contributed by atoms with Gasteiger partial charge in [-0.05, 0) is 25.1 Å². The number of rotatable bonds is 4. The van der Waals surface area contributed by atoms with Gasteiger partial charge in [0, 0.05) is 30.6 Å². The van der Waals surface area contributed by atoms with Crippen LogP contribution in [-0.2, 0) is 0 Å². The number of carbonyl (C=O) groups is 1. The molecule has 0 aliphatic heterocycles. The van der Waals surface area contributed by atoms with Gasteiger partial charge in [0.1, 0.15) is 5.82 Å². The van der Waals surface area contributed by atoms with Crippen LogP contribution in [0.3, 0.4) is 0 Å². The summed E-state index contributed by atoms with van der Waals surface area (Å²) in [5, 5.41) is 16.4. The Morgan fingerprint density at radius 1 is 1.33 bits per heavy atom. The summed E-state index contributed by atoms with van der Waals surface area (Å²) in [6.45, 7) is 1.64. The van der Waals surface area contributed by atoms with Gasteiger partial charge in [-0.25, -0.2) is 4.98 Å². The fourth-order valence-electron chi connectivity index (χ4n) is 1.87. The van der Waals surface area contributed by atoms with Crippen molar-refractivity contribution in [1.29, 1.82) is 0 Å². The highest BCUT2D eigenvalue weighted by Gasteiger charge is 2.15. The van der Waals surface area contributed by atoms with E-state index in [1.54, 1.807) is 44.4 Å². The third-order valence-corrected chi connectivity index (χ3v) is 2.95. The normalized spacial score (nSPS) is 10.0. The predicted molar refractivity (Wildman–Crippen MR) is 79.6 cm³/mol. The number of nitrogens with zero attached hydrogens (tertiary/aromatic N) is 2. The number of benzene rings is 1. The monoisotopic (exact) mass is 286 g/mol. The molecule has 0 atom stereocenters. The first-order chi connectivity index (χ1) is 10.0. The number of hydrogen-bond acceptors (Lipinski definition) is 5. The molecule has 2 rings (SSSR count). The van der Waals surface area contributed by atoms with E-state index in [9.17, 15) is 14.9 Å². The van der Waals surface area contributed by atoms with Gasteiger partial charge in [0.05, 0.1) is 10.5 Å². The highest BCUT2D eigenvalue weighted by molar-refractivity contribution is 6.07. The molecule has 0 saturated carbocycles. The third-order valence-electron chi connectivity index (χ3n) is 2.95. The van der Waals surface area contributed by atoms with Gasteiger partial charge < -0.3 is 10.6 Å². The lowest BCUT2D eigenvalue weighted by molar-refractivity contribution is -0.385. The number of hydrogen-bond donors (Lipinski definition) is 2. The van der Waals surface area contributed by atoms with Gasteiger partial charge in [0.25, 0.3) is 11.6 Å². The lowest BCUT2D eigenvalue weighted by Crippen LogP contribution is -2.14. The lowest BCUT2D eigenvalue weighted by atomic mass is 10.1. The first-order valence-corrected chi connectivity index (χ1v) is 6.22. The highest BCUT2D eigenvalue weighted by Crippen LogP contribution is 2.23. The maximum absolute atomic E-state index is 12.2. The van der Waals surface area contributed by atoms with Gasteiger partial charge in [0.2, 0.25) is 0 Å². The topological polar surface area (TPSA) is 97.2 Å². The molecule has 1 amide bonds. The second-order valence-electron chi connectivity index (χ2n) is 4.36. The highest BCUT2D eigenvalue weighted by atomic mass is 16.6. The number of pyridine rings is 1. The van der Waals surface area contributed by atoms with Crippen molar-refractivity contribution in [2.45, 2.75) is 6.92 Å². The van der Waals surface area contributed by atoms with E-state index in [0.717, 1.165) is 0 Å². The minimum absolute atomic E-state index is 0.0344. The summed E-state index contributed by atoms with van der Waals surface area (Å²) >= 11 is 0. The largest absolute Gasteiger partial charge is 0.372 e. The minimum atomic E-state index is -0.478. The van der Waals surface area contributed by atoms with Crippen molar-refractivity contribution in [2.24, 2.45) is 0 Å². The van der Waals surface area contributed by atoms with Crippen molar-refractivity contribution in [3.8, 4) is 0 Å². The van der Waals surface area contributed by atoms with E-state index in [1.807, 2.05) is 0 Å². The second-order valence-corrected chi connectivity index (χ2v) is 4.36. The van der Waals surface area contributed by atoms with E-state index in [0.29, 0.717) is 22.6 Å². The fourth-order valence-corrected chi connectivity index (χ4v) is 1.87. The Balaban J connectivity index is 2.28. The average Bonchev–Trinajstić information content (AvgIpc) is 2.48. The molecule has 7 heteroatoms. The molecular formula is C14H14N4O3.